The number of carbonyl (C=O) groups is 5. The van der Waals surface area contributed by atoms with Crippen LogP contribution in [-0.4, -0.2) is 71.8 Å². The van der Waals surface area contributed by atoms with E-state index in [9.17, 15) is 32.4 Å². The van der Waals surface area contributed by atoms with E-state index in [-0.39, 0.29) is 12.8 Å². The molecule has 0 unspecified atom stereocenters. The molecule has 186 valence electrons. The largest absolute Gasteiger partial charge is 0.519 e. The van der Waals surface area contributed by atoms with Crippen molar-refractivity contribution in [3.8, 4) is 0 Å². The van der Waals surface area contributed by atoms with E-state index in [1.807, 2.05) is 6.92 Å². The van der Waals surface area contributed by atoms with Crippen LogP contribution in [0.2, 0.25) is 0 Å². The molecule has 0 aromatic rings. The molecule has 0 saturated carbocycles. The van der Waals surface area contributed by atoms with Gasteiger partial charge < -0.3 is 23.8 Å². The normalized spacial score (nSPS) is 25.5. The van der Waals surface area contributed by atoms with Gasteiger partial charge >= 0.3 is 24.1 Å². The van der Waals surface area contributed by atoms with Crippen molar-refractivity contribution in [2.24, 2.45) is 0 Å². The van der Waals surface area contributed by atoms with E-state index < -0.39 is 68.4 Å². The molecule has 0 radical (unpaired) electrons. The summed E-state index contributed by atoms with van der Waals surface area (Å²) in [7, 11) is -4.11. The van der Waals surface area contributed by atoms with E-state index in [0.717, 1.165) is 24.7 Å². The Balaban J connectivity index is 2.13. The number of ether oxygens (including phenoxy) is 4. The zero-order chi connectivity index (χ0) is 25.2. The first-order valence-electron chi connectivity index (χ1n) is 10.5. The van der Waals surface area contributed by atoms with Crippen LogP contribution in [0.5, 0.6) is 0 Å². The molecular weight excluding hydrogens is 462 g/mol. The summed E-state index contributed by atoms with van der Waals surface area (Å²) in [6, 6.07) is -1.64. The monoisotopic (exact) mass is 491 g/mol. The predicted octanol–water partition coefficient (Wildman–Crippen LogP) is 1.20. The quantitative estimate of drug-likeness (QED) is 0.114. The molecule has 0 aliphatic carbocycles. The zero-order valence-corrected chi connectivity index (χ0v) is 20.1. The van der Waals surface area contributed by atoms with Crippen molar-refractivity contribution in [3.63, 3.8) is 0 Å². The maximum absolute atomic E-state index is 13.0. The molecule has 2 rings (SSSR count). The van der Waals surface area contributed by atoms with E-state index in [1.54, 1.807) is 0 Å². The topological polar surface area (TPSA) is 160 Å². The van der Waals surface area contributed by atoms with Crippen LogP contribution in [0.4, 0.5) is 4.79 Å². The lowest BCUT2D eigenvalue weighted by atomic mass is 9.97. The van der Waals surface area contributed by atoms with Gasteiger partial charge in [-0.2, -0.15) is 0 Å². The summed E-state index contributed by atoms with van der Waals surface area (Å²) in [6.45, 7) is 5.87. The number of fused-ring (bicyclic) bond motifs is 1. The van der Waals surface area contributed by atoms with Gasteiger partial charge in [0.05, 0.1) is 6.42 Å². The van der Waals surface area contributed by atoms with E-state index in [4.69, 9.17) is 14.2 Å². The van der Waals surface area contributed by atoms with Crippen molar-refractivity contribution in [2.75, 3.05) is 6.61 Å². The highest BCUT2D eigenvalue weighted by Crippen LogP contribution is 2.46. The summed E-state index contributed by atoms with van der Waals surface area (Å²) < 4.78 is 43.5. The highest BCUT2D eigenvalue weighted by atomic mass is 32.2. The Bertz CT molecular complexity index is 942. The first-order valence-corrected chi connectivity index (χ1v) is 12.1. The van der Waals surface area contributed by atoms with Gasteiger partial charge in [-0.1, -0.05) is 19.8 Å². The Hall–Kier alpha value is -2.70. The first kappa shape index (κ1) is 26.6. The minimum atomic E-state index is -4.11. The van der Waals surface area contributed by atoms with Crippen molar-refractivity contribution >= 4 is 39.8 Å². The zero-order valence-electron chi connectivity index (χ0n) is 19.2. The number of esters is 3. The molecule has 13 heteroatoms. The van der Waals surface area contributed by atoms with Gasteiger partial charge in [-0.25, -0.2) is 18.0 Å². The first-order chi connectivity index (χ1) is 15.2. The van der Waals surface area contributed by atoms with Crippen LogP contribution < -0.4 is 0 Å². The van der Waals surface area contributed by atoms with Crippen LogP contribution in [0.25, 0.3) is 0 Å². The van der Waals surface area contributed by atoms with E-state index >= 15 is 0 Å². The number of β-lactam (4-membered cyclic amide) rings is 1. The number of hydrogen-bond donors (Lipinski definition) is 0. The highest BCUT2D eigenvalue weighted by molar-refractivity contribution is 7.94. The number of carbonyl (C=O) groups excluding carboxylic acids is 5. The average Bonchev–Trinajstić information content (AvgIpc) is 2.80. The number of hydrogen-bond acceptors (Lipinski definition) is 11. The lowest BCUT2D eigenvalue weighted by Gasteiger charge is -2.37. The van der Waals surface area contributed by atoms with Gasteiger partial charge in [-0.3, -0.25) is 14.4 Å². The van der Waals surface area contributed by atoms with E-state index in [2.05, 4.69) is 4.74 Å². The average molecular weight is 492 g/mol. The Labute approximate surface area is 191 Å². The molecule has 2 saturated heterocycles. The summed E-state index contributed by atoms with van der Waals surface area (Å²) in [5.41, 5.74) is 0. The minimum absolute atomic E-state index is 0.00997. The number of nitrogens with zero attached hydrogens (tertiary/aromatic N) is 1. The Morgan fingerprint density at radius 3 is 2.33 bits per heavy atom. The molecule has 0 spiro atoms. The third kappa shape index (κ3) is 5.45. The smallest absolute Gasteiger partial charge is 0.464 e. The minimum Gasteiger partial charge on any atom is -0.464 e. The predicted molar refractivity (Wildman–Crippen MR) is 110 cm³/mol. The fourth-order valence-corrected chi connectivity index (χ4v) is 5.97. The SMILES string of the molecule is CCCCCC(=O)OC(=O)OC(C)(C)OC(=O)[C@H]1N2C(=O)C[C@H]2S(=O)(=O)[C@@]1(C)COC(C)=O. The molecule has 2 heterocycles. The molecule has 12 nitrogen and oxygen atoms in total. The second-order valence-electron chi connectivity index (χ2n) is 8.60. The molecule has 0 N–H and O–H groups in total. The maximum Gasteiger partial charge on any atom is 0.519 e. The Kier molecular flexibility index (Phi) is 7.77. The highest BCUT2D eigenvalue weighted by Gasteiger charge is 2.71. The van der Waals surface area contributed by atoms with Crippen molar-refractivity contribution in [2.45, 2.75) is 88.7 Å². The standard InChI is InChI=1S/C20H29NO11S/c1-6-7-8-9-15(24)30-18(26)32-19(3,4)31-17(25)16-20(5,11-29-12(2)22)33(27,28)14-10-13(23)21(14)16/h14,16H,6-11H2,1-5H3/t14-,16-,20+/m1/s1. The summed E-state index contributed by atoms with van der Waals surface area (Å²) in [5, 5.41) is -1.25. The van der Waals surface area contributed by atoms with Gasteiger partial charge in [0.25, 0.3) is 5.79 Å². The summed E-state index contributed by atoms with van der Waals surface area (Å²) in [6.07, 6.45) is 0.482. The lowest BCUT2D eigenvalue weighted by molar-refractivity contribution is -0.208. The second-order valence-corrected chi connectivity index (χ2v) is 11.2. The van der Waals surface area contributed by atoms with Crippen LogP contribution in [0.1, 0.15) is 66.7 Å². The molecule has 3 atom stereocenters. The third-order valence-electron chi connectivity index (χ3n) is 5.45. The maximum atomic E-state index is 13.0. The molecule has 1 amide bonds. The van der Waals surface area contributed by atoms with Crippen molar-refractivity contribution < 1.29 is 51.3 Å². The number of unbranched alkanes of at least 4 members (excludes halogenated alkanes) is 2. The van der Waals surface area contributed by atoms with Gasteiger partial charge in [0, 0.05) is 27.2 Å². The van der Waals surface area contributed by atoms with Crippen molar-refractivity contribution in [1.29, 1.82) is 0 Å². The van der Waals surface area contributed by atoms with Crippen molar-refractivity contribution in [1.82, 2.24) is 4.90 Å². The third-order valence-corrected chi connectivity index (χ3v) is 8.21. The molecule has 2 aliphatic heterocycles. The van der Waals surface area contributed by atoms with Gasteiger partial charge in [-0.15, -0.1) is 0 Å². The Morgan fingerprint density at radius 1 is 1.15 bits per heavy atom. The Morgan fingerprint density at radius 2 is 1.79 bits per heavy atom. The van der Waals surface area contributed by atoms with E-state index in [0.29, 0.717) is 6.42 Å². The van der Waals surface area contributed by atoms with Crippen LogP contribution in [0.3, 0.4) is 0 Å². The fourth-order valence-electron chi connectivity index (χ4n) is 3.70. The molecular formula is C20H29NO11S. The second kappa shape index (κ2) is 9.65. The van der Waals surface area contributed by atoms with Gasteiger partial charge in [0.1, 0.15) is 16.7 Å². The molecule has 2 aliphatic rings. The molecule has 0 aromatic heterocycles. The number of rotatable bonds is 9. The molecule has 2 fully saturated rings. The fraction of sp³-hybridized carbons (Fsp3) is 0.750. The molecule has 0 aromatic carbocycles. The number of amides is 1. The lowest BCUT2D eigenvalue weighted by Crippen LogP contribution is -2.59. The van der Waals surface area contributed by atoms with Crippen LogP contribution in [-0.2, 0) is 48.0 Å². The summed E-state index contributed by atoms with van der Waals surface area (Å²) in [4.78, 5) is 60.9. The van der Waals surface area contributed by atoms with Crippen LogP contribution in [0, 0.1) is 0 Å². The molecule has 33 heavy (non-hydrogen) atoms. The summed E-state index contributed by atoms with van der Waals surface area (Å²) >= 11 is 0. The van der Waals surface area contributed by atoms with Crippen LogP contribution in [0.15, 0.2) is 0 Å². The van der Waals surface area contributed by atoms with Gasteiger partial charge in [0.15, 0.2) is 15.9 Å². The van der Waals surface area contributed by atoms with Crippen LogP contribution >= 0.6 is 0 Å². The summed E-state index contributed by atoms with van der Waals surface area (Å²) in [5.74, 6) is -5.31. The van der Waals surface area contributed by atoms with E-state index in [1.165, 1.54) is 20.8 Å². The van der Waals surface area contributed by atoms with Gasteiger partial charge in [0.2, 0.25) is 5.91 Å². The van der Waals surface area contributed by atoms with Crippen molar-refractivity contribution in [3.05, 3.63) is 0 Å². The van der Waals surface area contributed by atoms with Gasteiger partial charge in [-0.05, 0) is 13.3 Å². The molecule has 0 bridgehead atoms. The number of sulfone groups is 1.